The van der Waals surface area contributed by atoms with E-state index in [1.165, 1.54) is 5.56 Å². The fourth-order valence-corrected chi connectivity index (χ4v) is 3.73. The van der Waals surface area contributed by atoms with E-state index in [2.05, 4.69) is 34.1 Å². The van der Waals surface area contributed by atoms with Crippen LogP contribution in [0.5, 0.6) is 0 Å². The average Bonchev–Trinajstić information content (AvgIpc) is 2.95. The van der Waals surface area contributed by atoms with E-state index in [1.807, 2.05) is 18.2 Å². The molecule has 2 aromatic heterocycles. The molecule has 3 aromatic rings. The Labute approximate surface area is 118 Å². The topological polar surface area (TPSA) is 24.9 Å². The van der Waals surface area contributed by atoms with Crippen LogP contribution >= 0.6 is 34.3 Å². The maximum Gasteiger partial charge on any atom is 0.184 e. The molecule has 0 aliphatic heterocycles. The lowest BCUT2D eigenvalue weighted by Crippen LogP contribution is -2.04. The Morgan fingerprint density at radius 3 is 3.00 bits per heavy atom. The van der Waals surface area contributed by atoms with E-state index >= 15 is 0 Å². The summed E-state index contributed by atoms with van der Waals surface area (Å²) in [4.78, 5) is 4.56. The summed E-state index contributed by atoms with van der Waals surface area (Å²) in [5, 5.41) is 9.36. The summed E-state index contributed by atoms with van der Waals surface area (Å²) in [6.07, 6.45) is 0. The van der Waals surface area contributed by atoms with Gasteiger partial charge in [-0.25, -0.2) is 4.98 Å². The molecule has 1 N–H and O–H groups in total. The smallest absolute Gasteiger partial charge is 0.184 e. The summed E-state index contributed by atoms with van der Waals surface area (Å²) in [5.74, 6) is 0. The van der Waals surface area contributed by atoms with Gasteiger partial charge >= 0.3 is 0 Å². The summed E-state index contributed by atoms with van der Waals surface area (Å²) in [7, 11) is 0. The molecule has 1 aromatic carbocycles. The van der Waals surface area contributed by atoms with Gasteiger partial charge < -0.3 is 5.32 Å². The standard InChI is InChI=1S/C13H11ClN2S2/c1-8(9-4-5-17-7-9)15-13-16-11-3-2-10(14)6-12(11)18-13/h2-8H,1H3,(H,15,16). The monoisotopic (exact) mass is 294 g/mol. The molecule has 1 unspecified atom stereocenters. The van der Waals surface area contributed by atoms with Crippen LogP contribution in [0.25, 0.3) is 10.2 Å². The van der Waals surface area contributed by atoms with Crippen LogP contribution in [0.15, 0.2) is 35.0 Å². The molecule has 18 heavy (non-hydrogen) atoms. The molecule has 3 rings (SSSR count). The van der Waals surface area contributed by atoms with Crippen LogP contribution in [-0.2, 0) is 0 Å². The van der Waals surface area contributed by atoms with Crippen LogP contribution in [0.3, 0.4) is 0 Å². The number of thiazole rings is 1. The van der Waals surface area contributed by atoms with Crippen molar-refractivity contribution in [2.75, 3.05) is 5.32 Å². The molecule has 0 amide bonds. The van der Waals surface area contributed by atoms with Crippen LogP contribution in [0.4, 0.5) is 5.13 Å². The minimum atomic E-state index is 0.271. The normalized spacial score (nSPS) is 12.8. The molecule has 0 radical (unpaired) electrons. The SMILES string of the molecule is CC(Nc1nc2ccc(Cl)cc2s1)c1ccsc1. The quantitative estimate of drug-likeness (QED) is 0.719. The predicted molar refractivity (Wildman–Crippen MR) is 81.0 cm³/mol. The van der Waals surface area contributed by atoms with Crippen molar-refractivity contribution in [3.8, 4) is 0 Å². The van der Waals surface area contributed by atoms with Crippen LogP contribution < -0.4 is 5.32 Å². The number of anilines is 1. The van der Waals surface area contributed by atoms with E-state index in [0.717, 1.165) is 20.4 Å². The van der Waals surface area contributed by atoms with Crippen LogP contribution in [-0.4, -0.2) is 4.98 Å². The largest absolute Gasteiger partial charge is 0.355 e. The van der Waals surface area contributed by atoms with Gasteiger partial charge in [0.2, 0.25) is 0 Å². The van der Waals surface area contributed by atoms with Gasteiger partial charge in [-0.2, -0.15) is 11.3 Å². The minimum absolute atomic E-state index is 0.271. The highest BCUT2D eigenvalue weighted by Crippen LogP contribution is 2.30. The van der Waals surface area contributed by atoms with Crippen molar-refractivity contribution < 1.29 is 0 Å². The Hall–Kier alpha value is -1.10. The van der Waals surface area contributed by atoms with E-state index < -0.39 is 0 Å². The summed E-state index contributed by atoms with van der Waals surface area (Å²) >= 11 is 9.32. The Morgan fingerprint density at radius 2 is 2.22 bits per heavy atom. The van der Waals surface area contributed by atoms with E-state index in [-0.39, 0.29) is 6.04 Å². The molecule has 1 atom stereocenters. The Bertz CT molecular complexity index is 661. The van der Waals surface area contributed by atoms with Crippen molar-refractivity contribution >= 4 is 49.6 Å². The van der Waals surface area contributed by atoms with Gasteiger partial charge in [0, 0.05) is 5.02 Å². The van der Waals surface area contributed by atoms with Gasteiger partial charge in [0.1, 0.15) is 0 Å². The van der Waals surface area contributed by atoms with E-state index in [1.54, 1.807) is 22.7 Å². The van der Waals surface area contributed by atoms with Crippen molar-refractivity contribution in [2.24, 2.45) is 0 Å². The zero-order valence-electron chi connectivity index (χ0n) is 9.68. The van der Waals surface area contributed by atoms with Gasteiger partial charge in [-0.3, -0.25) is 0 Å². The highest BCUT2D eigenvalue weighted by molar-refractivity contribution is 7.22. The minimum Gasteiger partial charge on any atom is -0.355 e. The number of rotatable bonds is 3. The maximum absolute atomic E-state index is 5.97. The Kier molecular flexibility index (Phi) is 3.24. The van der Waals surface area contributed by atoms with Gasteiger partial charge in [-0.05, 0) is 47.5 Å². The highest BCUT2D eigenvalue weighted by Gasteiger charge is 2.09. The van der Waals surface area contributed by atoms with Crippen LogP contribution in [0.2, 0.25) is 5.02 Å². The van der Waals surface area contributed by atoms with Gasteiger partial charge in [-0.1, -0.05) is 22.9 Å². The third-order valence-corrected chi connectivity index (χ3v) is 4.62. The molecular weight excluding hydrogens is 284 g/mol. The average molecular weight is 295 g/mol. The van der Waals surface area contributed by atoms with Gasteiger partial charge in [-0.15, -0.1) is 0 Å². The maximum atomic E-state index is 5.97. The lowest BCUT2D eigenvalue weighted by atomic mass is 10.2. The summed E-state index contributed by atoms with van der Waals surface area (Å²) in [5.41, 5.74) is 2.28. The fourth-order valence-electron chi connectivity index (χ4n) is 1.75. The number of nitrogens with one attached hydrogen (secondary N) is 1. The first-order valence-corrected chi connectivity index (χ1v) is 7.71. The third-order valence-electron chi connectivity index (χ3n) is 2.73. The molecular formula is C13H11ClN2S2. The predicted octanol–water partition coefficient (Wildman–Crippen LogP) is 5.18. The number of hydrogen-bond donors (Lipinski definition) is 1. The molecule has 5 heteroatoms. The summed E-state index contributed by atoms with van der Waals surface area (Å²) in [6.45, 7) is 2.14. The van der Waals surface area contributed by atoms with Crippen molar-refractivity contribution in [1.29, 1.82) is 0 Å². The molecule has 2 heterocycles. The number of benzene rings is 1. The molecule has 0 aliphatic carbocycles. The van der Waals surface area contributed by atoms with Crippen molar-refractivity contribution in [2.45, 2.75) is 13.0 Å². The number of nitrogens with zero attached hydrogens (tertiary/aromatic N) is 1. The second-order valence-corrected chi connectivity index (χ2v) is 6.30. The zero-order chi connectivity index (χ0) is 12.5. The Morgan fingerprint density at radius 1 is 1.33 bits per heavy atom. The molecule has 92 valence electrons. The fraction of sp³-hybridized carbons (Fsp3) is 0.154. The molecule has 0 bridgehead atoms. The zero-order valence-corrected chi connectivity index (χ0v) is 12.1. The number of fused-ring (bicyclic) bond motifs is 1. The Balaban J connectivity index is 1.86. The second kappa shape index (κ2) is 4.88. The first-order chi connectivity index (χ1) is 8.72. The van der Waals surface area contributed by atoms with Crippen molar-refractivity contribution in [3.05, 3.63) is 45.6 Å². The number of halogens is 1. The number of aromatic nitrogens is 1. The summed E-state index contributed by atoms with van der Waals surface area (Å²) < 4.78 is 1.11. The first-order valence-electron chi connectivity index (χ1n) is 5.57. The molecule has 0 saturated carbocycles. The lowest BCUT2D eigenvalue weighted by Gasteiger charge is -2.10. The summed E-state index contributed by atoms with van der Waals surface area (Å²) in [6, 6.07) is 8.18. The van der Waals surface area contributed by atoms with E-state index in [4.69, 9.17) is 11.6 Å². The molecule has 0 aliphatic rings. The highest BCUT2D eigenvalue weighted by atomic mass is 35.5. The van der Waals surface area contributed by atoms with Crippen LogP contribution in [0, 0.1) is 0 Å². The van der Waals surface area contributed by atoms with Gasteiger partial charge in [0.25, 0.3) is 0 Å². The van der Waals surface area contributed by atoms with Crippen molar-refractivity contribution in [3.63, 3.8) is 0 Å². The molecule has 2 nitrogen and oxygen atoms in total. The second-order valence-electron chi connectivity index (χ2n) is 4.05. The molecule has 0 spiro atoms. The van der Waals surface area contributed by atoms with Crippen molar-refractivity contribution in [1.82, 2.24) is 4.98 Å². The van der Waals surface area contributed by atoms with Gasteiger partial charge in [0.15, 0.2) is 5.13 Å². The molecule has 0 saturated heterocycles. The molecule has 0 fully saturated rings. The van der Waals surface area contributed by atoms with Crippen LogP contribution in [0.1, 0.15) is 18.5 Å². The number of thiophene rings is 1. The van der Waals surface area contributed by atoms with E-state index in [9.17, 15) is 0 Å². The third kappa shape index (κ3) is 2.36. The lowest BCUT2D eigenvalue weighted by molar-refractivity contribution is 0.888. The van der Waals surface area contributed by atoms with Gasteiger partial charge in [0.05, 0.1) is 16.3 Å². The first kappa shape index (κ1) is 12.0. The number of hydrogen-bond acceptors (Lipinski definition) is 4. The van der Waals surface area contributed by atoms with E-state index in [0.29, 0.717) is 0 Å².